The fraction of sp³-hybridized carbons (Fsp3) is 0.588. The van der Waals surface area contributed by atoms with Crippen molar-refractivity contribution in [1.82, 2.24) is 4.90 Å². The minimum Gasteiger partial charge on any atom is -0.444 e. The van der Waals surface area contributed by atoms with Gasteiger partial charge in [0.1, 0.15) is 5.60 Å². The summed E-state index contributed by atoms with van der Waals surface area (Å²) in [6.07, 6.45) is 2.83. The third-order valence-electron chi connectivity index (χ3n) is 3.70. The Labute approximate surface area is 121 Å². The highest BCUT2D eigenvalue weighted by molar-refractivity contribution is 5.69. The van der Waals surface area contributed by atoms with Crippen molar-refractivity contribution in [1.29, 1.82) is 0 Å². The molecule has 1 aromatic carbocycles. The first-order chi connectivity index (χ1) is 9.37. The second kappa shape index (κ2) is 5.86. The van der Waals surface area contributed by atoms with Crippen molar-refractivity contribution in [2.75, 3.05) is 0 Å². The highest BCUT2D eigenvalue weighted by Crippen LogP contribution is 2.28. The van der Waals surface area contributed by atoms with Gasteiger partial charge in [0.15, 0.2) is 0 Å². The summed E-state index contributed by atoms with van der Waals surface area (Å²) in [4.78, 5) is 14.3. The average molecular weight is 275 g/mol. The molecule has 0 N–H and O–H groups in total. The van der Waals surface area contributed by atoms with Crippen molar-refractivity contribution >= 4 is 6.09 Å². The topological polar surface area (TPSA) is 29.5 Å². The number of hydrogen-bond donors (Lipinski definition) is 0. The maximum absolute atomic E-state index is 12.4. The molecule has 1 heterocycles. The molecule has 1 fully saturated rings. The minimum atomic E-state index is -0.434. The smallest absolute Gasteiger partial charge is 0.410 e. The summed E-state index contributed by atoms with van der Waals surface area (Å²) in [6, 6.07) is 10.9. The van der Waals surface area contributed by atoms with Gasteiger partial charge < -0.3 is 9.64 Å². The minimum absolute atomic E-state index is 0.177. The number of ether oxygens (including phenoxy) is 1. The van der Waals surface area contributed by atoms with Crippen molar-refractivity contribution in [2.45, 2.75) is 64.6 Å². The molecule has 0 spiro atoms. The van der Waals surface area contributed by atoms with Crippen molar-refractivity contribution in [3.63, 3.8) is 0 Å². The highest BCUT2D eigenvalue weighted by Gasteiger charge is 2.36. The monoisotopic (exact) mass is 275 g/mol. The fourth-order valence-corrected chi connectivity index (χ4v) is 2.80. The molecule has 1 aromatic rings. The van der Waals surface area contributed by atoms with Crippen LogP contribution in [0.2, 0.25) is 0 Å². The normalized spacial score (nSPS) is 22.9. The van der Waals surface area contributed by atoms with Crippen LogP contribution >= 0.6 is 0 Å². The lowest BCUT2D eigenvalue weighted by Crippen LogP contribution is -2.44. The zero-order chi connectivity index (χ0) is 14.8. The third kappa shape index (κ3) is 3.75. The lowest BCUT2D eigenvalue weighted by Gasteiger charge is -2.31. The largest absolute Gasteiger partial charge is 0.444 e. The van der Waals surface area contributed by atoms with Gasteiger partial charge in [-0.25, -0.2) is 4.79 Å². The van der Waals surface area contributed by atoms with Gasteiger partial charge in [0, 0.05) is 12.1 Å². The summed E-state index contributed by atoms with van der Waals surface area (Å²) in [6.45, 7) is 7.85. The van der Waals surface area contributed by atoms with Gasteiger partial charge in [-0.3, -0.25) is 0 Å². The van der Waals surface area contributed by atoms with E-state index in [1.807, 2.05) is 43.9 Å². The second-order valence-corrected chi connectivity index (χ2v) is 6.66. The number of benzene rings is 1. The predicted molar refractivity (Wildman–Crippen MR) is 80.7 cm³/mol. The maximum Gasteiger partial charge on any atom is 0.410 e. The molecule has 1 aliphatic heterocycles. The van der Waals surface area contributed by atoms with Crippen LogP contribution in [-0.4, -0.2) is 28.7 Å². The Balaban J connectivity index is 2.07. The van der Waals surface area contributed by atoms with Crippen molar-refractivity contribution in [3.8, 4) is 0 Å². The van der Waals surface area contributed by atoms with E-state index in [4.69, 9.17) is 4.74 Å². The summed E-state index contributed by atoms with van der Waals surface area (Å²) in [5.74, 6) is 0. The molecule has 1 amide bonds. The average Bonchev–Trinajstić information content (AvgIpc) is 2.69. The number of likely N-dealkylation sites (tertiary alicyclic amines) is 1. The van der Waals surface area contributed by atoms with E-state index in [0.29, 0.717) is 0 Å². The number of hydrogen-bond acceptors (Lipinski definition) is 2. The molecular weight excluding hydrogens is 250 g/mol. The Bertz CT molecular complexity index is 450. The van der Waals surface area contributed by atoms with Gasteiger partial charge >= 0.3 is 6.09 Å². The van der Waals surface area contributed by atoms with Gasteiger partial charge in [-0.1, -0.05) is 30.3 Å². The standard InChI is InChI=1S/C17H25NO2/c1-13-10-11-15(12-14-8-6-5-7-9-14)18(13)16(19)20-17(2,3)4/h5-9,13,15H,10-12H2,1-4H3/t13?,15-/m1/s1. The fourth-order valence-electron chi connectivity index (χ4n) is 2.80. The SMILES string of the molecule is CC1CC[C@H](Cc2ccccc2)N1C(=O)OC(C)(C)C. The van der Waals surface area contributed by atoms with E-state index in [1.165, 1.54) is 5.56 Å². The van der Waals surface area contributed by atoms with E-state index >= 15 is 0 Å². The number of amides is 1. The van der Waals surface area contributed by atoms with Gasteiger partial charge in [0.2, 0.25) is 0 Å². The Hall–Kier alpha value is -1.51. The van der Waals surface area contributed by atoms with Crippen molar-refractivity contribution in [2.24, 2.45) is 0 Å². The van der Waals surface area contributed by atoms with Crippen LogP contribution in [-0.2, 0) is 11.2 Å². The van der Waals surface area contributed by atoms with Crippen molar-refractivity contribution < 1.29 is 9.53 Å². The quantitative estimate of drug-likeness (QED) is 0.816. The predicted octanol–water partition coefficient (Wildman–Crippen LogP) is 4.02. The molecule has 2 atom stereocenters. The molecule has 110 valence electrons. The lowest BCUT2D eigenvalue weighted by molar-refractivity contribution is 0.0161. The molecule has 1 unspecified atom stereocenters. The lowest BCUT2D eigenvalue weighted by atomic mass is 10.0. The molecule has 3 nitrogen and oxygen atoms in total. The third-order valence-corrected chi connectivity index (χ3v) is 3.70. The van der Waals surface area contributed by atoms with Crippen LogP contribution in [0.3, 0.4) is 0 Å². The van der Waals surface area contributed by atoms with Crippen LogP contribution < -0.4 is 0 Å². The number of carbonyl (C=O) groups excluding carboxylic acids is 1. The molecule has 20 heavy (non-hydrogen) atoms. The molecule has 1 aliphatic rings. The first-order valence-electron chi connectivity index (χ1n) is 7.42. The number of nitrogens with zero attached hydrogens (tertiary/aromatic N) is 1. The van der Waals surface area contributed by atoms with Crippen LogP contribution in [0.4, 0.5) is 4.79 Å². The first kappa shape index (κ1) is 14.9. The van der Waals surface area contributed by atoms with Gasteiger partial charge in [-0.05, 0) is 52.5 Å². The van der Waals surface area contributed by atoms with Crippen LogP contribution in [0.15, 0.2) is 30.3 Å². The second-order valence-electron chi connectivity index (χ2n) is 6.66. The molecule has 0 aliphatic carbocycles. The maximum atomic E-state index is 12.4. The summed E-state index contributed by atoms with van der Waals surface area (Å²) < 4.78 is 5.55. The van der Waals surface area contributed by atoms with E-state index in [2.05, 4.69) is 19.1 Å². The van der Waals surface area contributed by atoms with Gasteiger partial charge in [-0.2, -0.15) is 0 Å². The van der Waals surface area contributed by atoms with Gasteiger partial charge in [-0.15, -0.1) is 0 Å². The van der Waals surface area contributed by atoms with Crippen LogP contribution in [0.5, 0.6) is 0 Å². The zero-order valence-electron chi connectivity index (χ0n) is 12.9. The van der Waals surface area contributed by atoms with Gasteiger partial charge in [0.05, 0.1) is 0 Å². The van der Waals surface area contributed by atoms with E-state index in [9.17, 15) is 4.79 Å². The summed E-state index contributed by atoms with van der Waals surface area (Å²) in [5.41, 5.74) is 0.844. The van der Waals surface area contributed by atoms with E-state index in [-0.39, 0.29) is 18.2 Å². The molecular formula is C17H25NO2. The summed E-state index contributed by atoms with van der Waals surface area (Å²) >= 11 is 0. The summed E-state index contributed by atoms with van der Waals surface area (Å²) in [7, 11) is 0. The molecule has 2 rings (SSSR count). The van der Waals surface area contributed by atoms with E-state index < -0.39 is 5.60 Å². The Kier molecular flexibility index (Phi) is 4.36. The highest BCUT2D eigenvalue weighted by atomic mass is 16.6. The van der Waals surface area contributed by atoms with E-state index in [0.717, 1.165) is 19.3 Å². The Morgan fingerprint density at radius 2 is 1.90 bits per heavy atom. The van der Waals surface area contributed by atoms with Crippen LogP contribution in [0.1, 0.15) is 46.1 Å². The molecule has 3 heteroatoms. The van der Waals surface area contributed by atoms with Crippen molar-refractivity contribution in [3.05, 3.63) is 35.9 Å². The Morgan fingerprint density at radius 3 is 2.50 bits per heavy atom. The van der Waals surface area contributed by atoms with E-state index in [1.54, 1.807) is 0 Å². The molecule has 0 saturated carbocycles. The number of carbonyl (C=O) groups is 1. The molecule has 0 aromatic heterocycles. The van der Waals surface area contributed by atoms with Gasteiger partial charge in [0.25, 0.3) is 0 Å². The molecule has 0 bridgehead atoms. The van der Waals surface area contributed by atoms with Crippen LogP contribution in [0.25, 0.3) is 0 Å². The molecule has 1 saturated heterocycles. The molecule has 0 radical (unpaired) electrons. The van der Waals surface area contributed by atoms with Crippen LogP contribution in [0, 0.1) is 0 Å². The Morgan fingerprint density at radius 1 is 1.25 bits per heavy atom. The zero-order valence-corrected chi connectivity index (χ0v) is 12.9. The summed E-state index contributed by atoms with van der Waals surface area (Å²) in [5, 5.41) is 0. The number of rotatable bonds is 2. The first-order valence-corrected chi connectivity index (χ1v) is 7.42.